The SMILES string of the molecule is CCCCCCCOP(=O)(C#N)N(C)C. The third-order valence-corrected chi connectivity index (χ3v) is 4.01. The fourth-order valence-corrected chi connectivity index (χ4v) is 1.97. The molecule has 0 aromatic heterocycles. The molecular formula is C10H21N2O2P. The quantitative estimate of drug-likeness (QED) is 0.476. The second-order valence-electron chi connectivity index (χ2n) is 3.72. The Hall–Kier alpha value is -0.360. The maximum atomic E-state index is 11.7. The van der Waals surface area contributed by atoms with Crippen LogP contribution in [0.1, 0.15) is 39.0 Å². The molecule has 0 spiro atoms. The van der Waals surface area contributed by atoms with Gasteiger partial charge in [-0.2, -0.15) is 5.26 Å². The van der Waals surface area contributed by atoms with Gasteiger partial charge in [-0.1, -0.05) is 32.6 Å². The first kappa shape index (κ1) is 14.6. The third kappa shape index (κ3) is 5.94. The minimum atomic E-state index is -3.19. The van der Waals surface area contributed by atoms with Crippen molar-refractivity contribution in [2.45, 2.75) is 39.0 Å². The highest BCUT2D eigenvalue weighted by Gasteiger charge is 2.25. The molecule has 0 radical (unpaired) electrons. The maximum absolute atomic E-state index is 11.7. The van der Waals surface area contributed by atoms with Gasteiger partial charge in [-0.05, 0) is 20.5 Å². The zero-order valence-electron chi connectivity index (χ0n) is 9.90. The first-order valence-corrected chi connectivity index (χ1v) is 6.98. The molecule has 0 rings (SSSR count). The van der Waals surface area contributed by atoms with Gasteiger partial charge in [0.05, 0.1) is 6.61 Å². The van der Waals surface area contributed by atoms with Gasteiger partial charge in [0.15, 0.2) is 5.81 Å². The van der Waals surface area contributed by atoms with Crippen LogP contribution in [-0.4, -0.2) is 25.4 Å². The molecule has 0 bridgehead atoms. The van der Waals surface area contributed by atoms with Gasteiger partial charge in [-0.15, -0.1) is 0 Å². The first-order chi connectivity index (χ1) is 7.06. The minimum absolute atomic E-state index is 0.409. The van der Waals surface area contributed by atoms with E-state index in [1.165, 1.54) is 23.9 Å². The summed E-state index contributed by atoms with van der Waals surface area (Å²) in [4.78, 5) is 0. The van der Waals surface area contributed by atoms with Crippen LogP contribution in [0.4, 0.5) is 0 Å². The van der Waals surface area contributed by atoms with Crippen LogP contribution in [0.2, 0.25) is 0 Å². The van der Waals surface area contributed by atoms with E-state index in [1.54, 1.807) is 19.9 Å². The summed E-state index contributed by atoms with van der Waals surface area (Å²) in [5, 5.41) is 8.72. The van der Waals surface area contributed by atoms with Gasteiger partial charge >= 0.3 is 7.52 Å². The maximum Gasteiger partial charge on any atom is 0.370 e. The van der Waals surface area contributed by atoms with Gasteiger partial charge in [0, 0.05) is 0 Å². The Balaban J connectivity index is 3.67. The molecule has 0 fully saturated rings. The monoisotopic (exact) mass is 232 g/mol. The summed E-state index contributed by atoms with van der Waals surface area (Å²) in [5.41, 5.74) is 0. The van der Waals surface area contributed by atoms with Crippen LogP contribution < -0.4 is 0 Å². The second kappa shape index (κ2) is 7.87. The summed E-state index contributed by atoms with van der Waals surface area (Å²) in [5.74, 6) is 1.74. The van der Waals surface area contributed by atoms with Crippen molar-refractivity contribution in [1.82, 2.24) is 4.67 Å². The zero-order valence-corrected chi connectivity index (χ0v) is 10.8. The lowest BCUT2D eigenvalue weighted by atomic mass is 10.2. The molecule has 0 aromatic rings. The molecule has 0 N–H and O–H groups in total. The average Bonchev–Trinajstić information content (AvgIpc) is 2.22. The van der Waals surface area contributed by atoms with Crippen molar-refractivity contribution in [2.75, 3.05) is 20.7 Å². The molecular weight excluding hydrogens is 211 g/mol. The highest BCUT2D eigenvalue weighted by molar-refractivity contribution is 7.61. The predicted molar refractivity (Wildman–Crippen MR) is 61.6 cm³/mol. The van der Waals surface area contributed by atoms with Crippen molar-refractivity contribution in [2.24, 2.45) is 0 Å². The normalized spacial score (nSPS) is 14.9. The van der Waals surface area contributed by atoms with Crippen LogP contribution in [0.3, 0.4) is 0 Å². The van der Waals surface area contributed by atoms with Crippen molar-refractivity contribution in [3.05, 3.63) is 0 Å². The molecule has 1 atom stereocenters. The Kier molecular flexibility index (Phi) is 7.68. The van der Waals surface area contributed by atoms with E-state index in [-0.39, 0.29) is 0 Å². The van der Waals surface area contributed by atoms with Crippen LogP contribution in [0.25, 0.3) is 0 Å². The van der Waals surface area contributed by atoms with Crippen molar-refractivity contribution in [1.29, 1.82) is 5.26 Å². The van der Waals surface area contributed by atoms with Crippen molar-refractivity contribution < 1.29 is 9.09 Å². The standard InChI is InChI=1S/C10H21N2O2P/c1-4-5-6-7-8-9-14-15(13,10-11)12(2)3/h4-9H2,1-3H3. The molecule has 0 saturated heterocycles. The number of nitriles is 1. The lowest BCUT2D eigenvalue weighted by Gasteiger charge is -2.17. The molecule has 4 nitrogen and oxygen atoms in total. The fourth-order valence-electron chi connectivity index (χ4n) is 1.13. The lowest BCUT2D eigenvalue weighted by Crippen LogP contribution is -2.10. The number of hydrogen-bond acceptors (Lipinski definition) is 3. The van der Waals surface area contributed by atoms with Crippen LogP contribution in [0.5, 0.6) is 0 Å². The topological polar surface area (TPSA) is 53.3 Å². The van der Waals surface area contributed by atoms with Gasteiger partial charge in [-0.25, -0.2) is 4.67 Å². The highest BCUT2D eigenvalue weighted by Crippen LogP contribution is 2.47. The Bertz CT molecular complexity index is 248. The Morgan fingerprint density at radius 3 is 2.33 bits per heavy atom. The number of nitrogens with zero attached hydrogens (tertiary/aromatic N) is 2. The van der Waals surface area contributed by atoms with Crippen molar-refractivity contribution in [3.8, 4) is 5.81 Å². The van der Waals surface area contributed by atoms with Gasteiger partial charge in [0.2, 0.25) is 0 Å². The van der Waals surface area contributed by atoms with Crippen LogP contribution in [-0.2, 0) is 9.09 Å². The number of hydrogen-bond donors (Lipinski definition) is 0. The fraction of sp³-hybridized carbons (Fsp3) is 0.900. The van der Waals surface area contributed by atoms with Gasteiger partial charge in [0.1, 0.15) is 0 Å². The molecule has 0 aliphatic rings. The van der Waals surface area contributed by atoms with Gasteiger partial charge in [0.25, 0.3) is 0 Å². The van der Waals surface area contributed by atoms with E-state index in [1.807, 2.05) is 0 Å². The Morgan fingerprint density at radius 2 is 1.87 bits per heavy atom. The summed E-state index contributed by atoms with van der Waals surface area (Å²) in [7, 11) is 0.00771. The minimum Gasteiger partial charge on any atom is -0.307 e. The van der Waals surface area contributed by atoms with Crippen LogP contribution >= 0.6 is 7.52 Å². The molecule has 0 saturated carbocycles. The van der Waals surface area contributed by atoms with Gasteiger partial charge in [-0.3, -0.25) is 4.57 Å². The van der Waals surface area contributed by atoms with E-state index >= 15 is 0 Å². The Labute approximate surface area is 92.7 Å². The molecule has 0 aliphatic heterocycles. The molecule has 0 aromatic carbocycles. The number of rotatable bonds is 8. The lowest BCUT2D eigenvalue weighted by molar-refractivity contribution is 0.281. The molecule has 1 unspecified atom stereocenters. The summed E-state index contributed by atoms with van der Waals surface area (Å²) in [6.07, 6.45) is 5.56. The second-order valence-corrected chi connectivity index (χ2v) is 6.01. The highest BCUT2D eigenvalue weighted by atomic mass is 31.2. The van der Waals surface area contributed by atoms with Crippen LogP contribution in [0, 0.1) is 11.1 Å². The first-order valence-electron chi connectivity index (χ1n) is 5.40. The average molecular weight is 232 g/mol. The summed E-state index contributed by atoms with van der Waals surface area (Å²) < 4.78 is 18.2. The molecule has 0 aliphatic carbocycles. The third-order valence-electron chi connectivity index (χ3n) is 2.17. The van der Waals surface area contributed by atoms with E-state index < -0.39 is 7.52 Å². The van der Waals surface area contributed by atoms with E-state index in [0.717, 1.165) is 12.8 Å². The molecule has 15 heavy (non-hydrogen) atoms. The van der Waals surface area contributed by atoms with E-state index in [4.69, 9.17) is 9.79 Å². The van der Waals surface area contributed by atoms with Crippen LogP contribution in [0.15, 0.2) is 0 Å². The smallest absolute Gasteiger partial charge is 0.307 e. The molecule has 0 amide bonds. The van der Waals surface area contributed by atoms with E-state index in [0.29, 0.717) is 6.61 Å². The molecule has 5 heteroatoms. The van der Waals surface area contributed by atoms with Gasteiger partial charge < -0.3 is 4.52 Å². The molecule has 88 valence electrons. The summed E-state index contributed by atoms with van der Waals surface area (Å²) in [6, 6.07) is 0. The molecule has 0 heterocycles. The van der Waals surface area contributed by atoms with Crippen molar-refractivity contribution >= 4 is 7.52 Å². The predicted octanol–water partition coefficient (Wildman–Crippen LogP) is 3.21. The summed E-state index contributed by atoms with van der Waals surface area (Å²) in [6.45, 7) is 2.57. The van der Waals surface area contributed by atoms with E-state index in [2.05, 4.69) is 6.92 Å². The Morgan fingerprint density at radius 1 is 1.27 bits per heavy atom. The van der Waals surface area contributed by atoms with E-state index in [9.17, 15) is 4.57 Å². The van der Waals surface area contributed by atoms with Crippen molar-refractivity contribution in [3.63, 3.8) is 0 Å². The zero-order chi connectivity index (χ0) is 11.7. The largest absolute Gasteiger partial charge is 0.370 e. The number of unbranched alkanes of at least 4 members (excludes halogenated alkanes) is 4. The summed E-state index contributed by atoms with van der Waals surface area (Å²) >= 11 is 0.